The van der Waals surface area contributed by atoms with Crippen molar-refractivity contribution in [3.8, 4) is 10.6 Å². The van der Waals surface area contributed by atoms with Crippen molar-refractivity contribution in [2.24, 2.45) is 0 Å². The predicted octanol–water partition coefficient (Wildman–Crippen LogP) is 3.10. The van der Waals surface area contributed by atoms with Crippen LogP contribution in [0.4, 0.5) is 5.00 Å². The molecule has 2 aromatic heterocycles. The summed E-state index contributed by atoms with van der Waals surface area (Å²) in [5.74, 6) is -0.921. The molecule has 3 aromatic rings. The van der Waals surface area contributed by atoms with Crippen LogP contribution in [0.15, 0.2) is 24.3 Å². The van der Waals surface area contributed by atoms with E-state index in [1.54, 1.807) is 22.7 Å². The van der Waals surface area contributed by atoms with Crippen LogP contribution in [-0.2, 0) is 27.3 Å². The van der Waals surface area contributed by atoms with Crippen LogP contribution in [0.1, 0.15) is 23.3 Å². The second kappa shape index (κ2) is 7.57. The van der Waals surface area contributed by atoms with Crippen molar-refractivity contribution >= 4 is 55.6 Å². The number of carbonyl (C=O) groups excluding carboxylic acids is 3. The number of hydrogen-bond donors (Lipinski definition) is 1. The zero-order valence-corrected chi connectivity index (χ0v) is 18.1. The Labute approximate surface area is 181 Å². The maximum absolute atomic E-state index is 12.7. The van der Waals surface area contributed by atoms with Crippen molar-refractivity contribution in [2.45, 2.75) is 25.8 Å². The van der Waals surface area contributed by atoms with E-state index in [-0.39, 0.29) is 37.1 Å². The molecule has 30 heavy (non-hydrogen) atoms. The van der Waals surface area contributed by atoms with E-state index < -0.39 is 0 Å². The smallest absolute Gasteiger partial charge is 0.245 e. The van der Waals surface area contributed by atoms with Gasteiger partial charge in [-0.25, -0.2) is 4.98 Å². The molecule has 0 unspecified atom stereocenters. The predicted molar refractivity (Wildman–Crippen MR) is 118 cm³/mol. The third-order valence-corrected chi connectivity index (χ3v) is 7.65. The summed E-state index contributed by atoms with van der Waals surface area (Å²) in [5, 5.41) is 4.61. The van der Waals surface area contributed by atoms with E-state index >= 15 is 0 Å². The van der Waals surface area contributed by atoms with Gasteiger partial charge in [-0.2, -0.15) is 0 Å². The normalized spacial score (nSPS) is 17.0. The van der Waals surface area contributed by atoms with Crippen molar-refractivity contribution in [1.82, 2.24) is 14.8 Å². The molecule has 0 spiro atoms. The Balaban J connectivity index is 1.50. The molecule has 4 heterocycles. The second-order valence-electron chi connectivity index (χ2n) is 7.60. The summed E-state index contributed by atoms with van der Waals surface area (Å²) in [6.45, 7) is 1.54. The molecule has 0 saturated carbocycles. The fourth-order valence-electron chi connectivity index (χ4n) is 3.93. The minimum absolute atomic E-state index is 0.183. The highest BCUT2D eigenvalue weighted by molar-refractivity contribution is 7.22. The van der Waals surface area contributed by atoms with Gasteiger partial charge < -0.3 is 10.2 Å². The summed E-state index contributed by atoms with van der Waals surface area (Å²) in [6.07, 6.45) is 1.26. The minimum atomic E-state index is -0.354. The number of fused-ring (bicyclic) bond motifs is 2. The SMILES string of the molecule is CN1CCc2c(sc(NC(=O)CN3C(=O)CCC3=O)c2-c2nc3ccccc3s2)C1. The number of thiophene rings is 1. The molecule has 1 N–H and O–H groups in total. The Morgan fingerprint density at radius 1 is 1.13 bits per heavy atom. The monoisotopic (exact) mass is 440 g/mol. The standard InChI is InChI=1S/C21H20N4O3S2/c1-24-9-8-12-15(10-24)30-21(23-16(26)11-25-17(27)6-7-18(25)28)19(12)20-22-13-4-2-3-5-14(13)29-20/h2-5H,6-11H2,1H3,(H,23,26). The van der Waals surface area contributed by atoms with Gasteiger partial charge in [0.1, 0.15) is 16.6 Å². The minimum Gasteiger partial charge on any atom is -0.316 e. The number of amides is 3. The number of rotatable bonds is 4. The molecule has 5 rings (SSSR count). The lowest BCUT2D eigenvalue weighted by atomic mass is 10.0. The zero-order valence-electron chi connectivity index (χ0n) is 16.4. The van der Waals surface area contributed by atoms with E-state index in [0.717, 1.165) is 50.2 Å². The number of nitrogens with one attached hydrogen (secondary N) is 1. The van der Waals surface area contributed by atoms with Crippen molar-refractivity contribution in [1.29, 1.82) is 0 Å². The highest BCUT2D eigenvalue weighted by Crippen LogP contribution is 2.45. The Morgan fingerprint density at radius 2 is 1.90 bits per heavy atom. The van der Waals surface area contributed by atoms with Crippen molar-refractivity contribution in [2.75, 3.05) is 25.5 Å². The molecule has 0 bridgehead atoms. The Kier molecular flexibility index (Phi) is 4.88. The largest absolute Gasteiger partial charge is 0.316 e. The van der Waals surface area contributed by atoms with Gasteiger partial charge in [0, 0.05) is 36.4 Å². The van der Waals surface area contributed by atoms with E-state index in [0.29, 0.717) is 0 Å². The first kappa shape index (κ1) is 19.3. The molecule has 9 heteroatoms. The van der Waals surface area contributed by atoms with Crippen molar-refractivity contribution in [3.63, 3.8) is 0 Å². The molecule has 1 fully saturated rings. The van der Waals surface area contributed by atoms with Crippen LogP contribution in [0.3, 0.4) is 0 Å². The zero-order chi connectivity index (χ0) is 20.8. The first-order chi connectivity index (χ1) is 14.5. The lowest BCUT2D eigenvalue weighted by molar-refractivity contribution is -0.141. The average molecular weight is 441 g/mol. The molecule has 0 atom stereocenters. The number of thiazole rings is 1. The summed E-state index contributed by atoms with van der Waals surface area (Å²) < 4.78 is 1.10. The van der Waals surface area contributed by atoms with E-state index in [9.17, 15) is 14.4 Å². The summed E-state index contributed by atoms with van der Waals surface area (Å²) >= 11 is 3.18. The third kappa shape index (κ3) is 3.42. The van der Waals surface area contributed by atoms with Crippen molar-refractivity contribution < 1.29 is 14.4 Å². The Morgan fingerprint density at radius 3 is 2.67 bits per heavy atom. The van der Waals surface area contributed by atoms with Gasteiger partial charge in [0.15, 0.2) is 0 Å². The number of hydrogen-bond acceptors (Lipinski definition) is 7. The van der Waals surface area contributed by atoms with E-state index in [4.69, 9.17) is 4.98 Å². The molecule has 2 aliphatic rings. The maximum atomic E-state index is 12.7. The van der Waals surface area contributed by atoms with Crippen LogP contribution in [-0.4, -0.2) is 52.6 Å². The fourth-order valence-corrected chi connectivity index (χ4v) is 6.39. The number of likely N-dealkylation sites (N-methyl/N-ethyl adjacent to an activating group) is 1. The van der Waals surface area contributed by atoms with E-state index in [1.165, 1.54) is 10.4 Å². The van der Waals surface area contributed by atoms with Crippen LogP contribution >= 0.6 is 22.7 Å². The molecule has 3 amide bonds. The summed E-state index contributed by atoms with van der Waals surface area (Å²) in [5.41, 5.74) is 3.16. The summed E-state index contributed by atoms with van der Waals surface area (Å²) in [7, 11) is 2.09. The molecular weight excluding hydrogens is 420 g/mol. The quantitative estimate of drug-likeness (QED) is 0.631. The van der Waals surface area contributed by atoms with Gasteiger partial charge >= 0.3 is 0 Å². The molecule has 0 radical (unpaired) electrons. The number of anilines is 1. The van der Waals surface area contributed by atoms with Gasteiger partial charge in [0.05, 0.1) is 10.2 Å². The average Bonchev–Trinajstić information content (AvgIpc) is 3.38. The van der Waals surface area contributed by atoms with Gasteiger partial charge in [0.2, 0.25) is 17.7 Å². The molecule has 1 saturated heterocycles. The molecule has 0 aliphatic carbocycles. The van der Waals surface area contributed by atoms with E-state index in [2.05, 4.69) is 17.3 Å². The molecule has 1 aromatic carbocycles. The molecule has 2 aliphatic heterocycles. The van der Waals surface area contributed by atoms with Gasteiger partial charge in [-0.15, -0.1) is 22.7 Å². The maximum Gasteiger partial charge on any atom is 0.245 e. The van der Waals surface area contributed by atoms with Crippen LogP contribution in [0.2, 0.25) is 0 Å². The lowest BCUT2D eigenvalue weighted by Crippen LogP contribution is -2.36. The number of nitrogens with zero attached hydrogens (tertiary/aromatic N) is 3. The van der Waals surface area contributed by atoms with Crippen LogP contribution in [0, 0.1) is 0 Å². The van der Waals surface area contributed by atoms with Gasteiger partial charge in [-0.3, -0.25) is 19.3 Å². The molecule has 154 valence electrons. The number of likely N-dealkylation sites (tertiary alicyclic amines) is 1. The molecular formula is C21H20N4O3S2. The Bertz CT molecular complexity index is 1130. The summed E-state index contributed by atoms with van der Waals surface area (Å²) in [6, 6.07) is 8.00. The number of para-hydroxylation sites is 1. The highest BCUT2D eigenvalue weighted by Gasteiger charge is 2.32. The topological polar surface area (TPSA) is 82.6 Å². The van der Waals surface area contributed by atoms with Crippen LogP contribution in [0.5, 0.6) is 0 Å². The number of aromatic nitrogens is 1. The number of imide groups is 1. The van der Waals surface area contributed by atoms with Crippen molar-refractivity contribution in [3.05, 3.63) is 34.7 Å². The van der Waals surface area contributed by atoms with Gasteiger partial charge in [-0.05, 0) is 31.2 Å². The Hall–Kier alpha value is -2.62. The van der Waals surface area contributed by atoms with Gasteiger partial charge in [-0.1, -0.05) is 12.1 Å². The fraction of sp³-hybridized carbons (Fsp3) is 0.333. The summed E-state index contributed by atoms with van der Waals surface area (Å²) in [4.78, 5) is 45.8. The first-order valence-electron chi connectivity index (χ1n) is 9.81. The van der Waals surface area contributed by atoms with Gasteiger partial charge in [0.25, 0.3) is 0 Å². The number of carbonyl (C=O) groups is 3. The van der Waals surface area contributed by atoms with Crippen LogP contribution in [0.25, 0.3) is 20.8 Å². The number of benzene rings is 1. The highest BCUT2D eigenvalue weighted by atomic mass is 32.1. The second-order valence-corrected chi connectivity index (χ2v) is 9.74. The van der Waals surface area contributed by atoms with E-state index in [1.807, 2.05) is 24.3 Å². The molecule has 7 nitrogen and oxygen atoms in total. The third-order valence-electron chi connectivity index (χ3n) is 5.46. The first-order valence-corrected chi connectivity index (χ1v) is 11.4. The van der Waals surface area contributed by atoms with Crippen LogP contribution < -0.4 is 5.32 Å². The lowest BCUT2D eigenvalue weighted by Gasteiger charge is -2.22.